The molecule has 2 aliphatic rings. The number of rotatable bonds is 11. The second-order valence-electron chi connectivity index (χ2n) is 14.1. The van der Waals surface area contributed by atoms with Crippen molar-refractivity contribution in [2.45, 2.75) is 61.8 Å². The number of benzene rings is 5. The maximum absolute atomic E-state index is 12.9. The molecular weight excluding hydrogens is 701 g/mol. The van der Waals surface area contributed by atoms with Gasteiger partial charge in [0.05, 0.1) is 34.7 Å². The first kappa shape index (κ1) is 36.1. The van der Waals surface area contributed by atoms with E-state index in [1.165, 1.54) is 0 Å². The molecule has 0 amide bonds. The van der Waals surface area contributed by atoms with E-state index in [0.29, 0.717) is 6.42 Å². The summed E-state index contributed by atoms with van der Waals surface area (Å²) in [6.45, 7) is 2.58. The Morgan fingerprint density at radius 1 is 0.778 bits per heavy atom. The van der Waals surface area contributed by atoms with Gasteiger partial charge in [-0.15, -0.1) is 0 Å². The molecule has 0 radical (unpaired) electrons. The first-order valence-electron chi connectivity index (χ1n) is 18.5. The van der Waals surface area contributed by atoms with E-state index in [4.69, 9.17) is 9.47 Å². The molecule has 278 valence electrons. The van der Waals surface area contributed by atoms with Crippen LogP contribution in [0.15, 0.2) is 137 Å². The minimum atomic E-state index is -3.66. The van der Waals surface area contributed by atoms with Gasteiger partial charge in [0.15, 0.2) is 6.29 Å². The highest BCUT2D eigenvalue weighted by atomic mass is 32.2. The molecule has 0 saturated carbocycles. The lowest BCUT2D eigenvalue weighted by Gasteiger charge is -2.40. The van der Waals surface area contributed by atoms with E-state index < -0.39 is 16.3 Å². The Balaban J connectivity index is 0.977. The van der Waals surface area contributed by atoms with Crippen molar-refractivity contribution in [3.05, 3.63) is 160 Å². The number of piperidine rings is 1. The van der Waals surface area contributed by atoms with Crippen LogP contribution in [0, 0.1) is 0 Å². The molecule has 11 heteroatoms. The summed E-state index contributed by atoms with van der Waals surface area (Å²) in [7, 11) is -3.66. The van der Waals surface area contributed by atoms with Crippen LogP contribution >= 0.6 is 0 Å². The minimum absolute atomic E-state index is 0.0187. The number of para-hydroxylation sites is 2. The Morgan fingerprint density at radius 3 is 2.22 bits per heavy atom. The van der Waals surface area contributed by atoms with Crippen molar-refractivity contribution in [3.63, 3.8) is 0 Å². The van der Waals surface area contributed by atoms with Crippen LogP contribution in [-0.4, -0.2) is 53.7 Å². The van der Waals surface area contributed by atoms with Gasteiger partial charge in [-0.1, -0.05) is 103 Å². The monoisotopic (exact) mass is 744 g/mol. The van der Waals surface area contributed by atoms with Crippen LogP contribution in [0.25, 0.3) is 22.2 Å². The summed E-state index contributed by atoms with van der Waals surface area (Å²) >= 11 is 0. The first-order chi connectivity index (χ1) is 26.3. The highest BCUT2D eigenvalue weighted by Crippen LogP contribution is 2.39. The predicted octanol–water partition coefficient (Wildman–Crippen LogP) is 6.85. The van der Waals surface area contributed by atoms with E-state index in [2.05, 4.69) is 14.6 Å². The second-order valence-corrected chi connectivity index (χ2v) is 15.9. The molecule has 3 N–H and O–H groups in total. The molecule has 0 aliphatic carbocycles. The number of imidazole rings is 1. The summed E-state index contributed by atoms with van der Waals surface area (Å²) < 4.78 is 43.9. The normalized spacial score (nSPS) is 20.0. The van der Waals surface area contributed by atoms with Gasteiger partial charge in [0.2, 0.25) is 10.0 Å². The molecule has 6 aromatic rings. The quantitative estimate of drug-likeness (QED) is 0.133. The Kier molecular flexibility index (Phi) is 10.6. The van der Waals surface area contributed by atoms with Crippen molar-refractivity contribution in [2.75, 3.05) is 19.6 Å². The number of aliphatic hydroxyl groups excluding tert-OH is 1. The molecule has 0 spiro atoms. The van der Waals surface area contributed by atoms with Gasteiger partial charge in [-0.2, -0.15) is 0 Å². The zero-order valence-electron chi connectivity index (χ0n) is 29.9. The summed E-state index contributed by atoms with van der Waals surface area (Å²) in [6, 6.07) is 40.2. The van der Waals surface area contributed by atoms with Crippen LogP contribution in [0.2, 0.25) is 0 Å². The summed E-state index contributed by atoms with van der Waals surface area (Å²) in [5.41, 5.74) is 7.28. The molecule has 3 atom stereocenters. The number of sulfonamides is 1. The fourth-order valence-corrected chi connectivity index (χ4v) is 8.78. The van der Waals surface area contributed by atoms with E-state index in [1.54, 1.807) is 30.3 Å². The van der Waals surface area contributed by atoms with Crippen LogP contribution in [0.4, 0.5) is 0 Å². The average molecular weight is 745 g/mol. The van der Waals surface area contributed by atoms with Crippen LogP contribution in [0.3, 0.4) is 0 Å². The number of H-pyrrole nitrogens is 1. The molecular formula is C43H44N4O6S. The van der Waals surface area contributed by atoms with Crippen LogP contribution < -0.4 is 10.4 Å². The first-order valence-corrected chi connectivity index (χ1v) is 20.0. The van der Waals surface area contributed by atoms with Gasteiger partial charge in [0.1, 0.15) is 0 Å². The number of likely N-dealkylation sites (tertiary alicyclic amines) is 1. The van der Waals surface area contributed by atoms with Crippen molar-refractivity contribution in [3.8, 4) is 11.1 Å². The molecule has 2 fully saturated rings. The fraction of sp³-hybridized carbons (Fsp3) is 0.279. The van der Waals surface area contributed by atoms with Gasteiger partial charge >= 0.3 is 5.69 Å². The summed E-state index contributed by atoms with van der Waals surface area (Å²) in [4.78, 5) is 18.5. The number of fused-ring (bicyclic) bond motifs is 1. The van der Waals surface area contributed by atoms with E-state index in [0.717, 1.165) is 76.9 Å². The van der Waals surface area contributed by atoms with E-state index in [1.807, 2.05) is 102 Å². The van der Waals surface area contributed by atoms with E-state index >= 15 is 0 Å². The molecule has 2 saturated heterocycles. The summed E-state index contributed by atoms with van der Waals surface area (Å²) in [6.07, 6.45) is 1.52. The third-order valence-electron chi connectivity index (χ3n) is 10.6. The number of aliphatic hydroxyl groups is 1. The van der Waals surface area contributed by atoms with Crippen LogP contribution in [-0.2, 0) is 32.6 Å². The lowest BCUT2D eigenvalue weighted by molar-refractivity contribution is -0.253. The highest BCUT2D eigenvalue weighted by molar-refractivity contribution is 7.89. The van der Waals surface area contributed by atoms with Crippen molar-refractivity contribution < 1.29 is 23.0 Å². The Labute approximate surface area is 315 Å². The van der Waals surface area contributed by atoms with Gasteiger partial charge < -0.3 is 24.5 Å². The zero-order valence-corrected chi connectivity index (χ0v) is 30.7. The third-order valence-corrected chi connectivity index (χ3v) is 12.1. The van der Waals surface area contributed by atoms with Gasteiger partial charge in [-0.05, 0) is 64.9 Å². The largest absolute Gasteiger partial charge is 0.392 e. The van der Waals surface area contributed by atoms with Crippen molar-refractivity contribution in [2.24, 2.45) is 0 Å². The maximum Gasteiger partial charge on any atom is 0.326 e. The van der Waals surface area contributed by atoms with Crippen LogP contribution in [0.1, 0.15) is 60.0 Å². The molecule has 10 nitrogen and oxygen atoms in total. The number of nitrogens with zero attached hydrogens (tertiary/aromatic N) is 2. The molecule has 5 aromatic carbocycles. The van der Waals surface area contributed by atoms with Gasteiger partial charge in [0, 0.05) is 44.2 Å². The predicted molar refractivity (Wildman–Crippen MR) is 208 cm³/mol. The molecule has 2 aliphatic heterocycles. The highest BCUT2D eigenvalue weighted by Gasteiger charge is 2.34. The summed E-state index contributed by atoms with van der Waals surface area (Å²) in [5.74, 6) is 0. The smallest absolute Gasteiger partial charge is 0.326 e. The van der Waals surface area contributed by atoms with Crippen molar-refractivity contribution in [1.29, 1.82) is 0 Å². The molecule has 3 unspecified atom stereocenters. The molecule has 1 aromatic heterocycles. The number of aromatic amines is 1. The lowest BCUT2D eigenvalue weighted by atomic mass is 9.97. The third kappa shape index (κ3) is 7.83. The fourth-order valence-electron chi connectivity index (χ4n) is 7.75. The SMILES string of the molecule is O=c1[nH]c2ccccc2n1C1CCN(CC2CC(c3ccc(CO)cc3)OC(c3ccc(-c4ccccc4CNS(=O)(=O)c4ccccc4)cc3)O2)CC1. The standard InChI is InChI=1S/C43H44N4O6S/c48-29-30-14-16-32(17-15-30)41-26-36(28-46-24-22-35(23-25-46)47-40-13-7-6-12-39(40)45-43(47)49)52-42(53-41)33-20-18-31(19-21-33)38-11-5-4-8-34(38)27-44-54(50,51)37-9-2-1-3-10-37/h1-21,35-36,41-42,44,48H,22-29H2,(H,45,49). The average Bonchev–Trinajstić information content (AvgIpc) is 3.56. The van der Waals surface area contributed by atoms with E-state index in [9.17, 15) is 18.3 Å². The second kappa shape index (κ2) is 15.8. The Hall–Kier alpha value is -4.88. The summed E-state index contributed by atoms with van der Waals surface area (Å²) in [5, 5.41) is 9.63. The van der Waals surface area contributed by atoms with Gasteiger partial charge in [-0.25, -0.2) is 17.9 Å². The minimum Gasteiger partial charge on any atom is -0.392 e. The van der Waals surface area contributed by atoms with Crippen molar-refractivity contribution >= 4 is 21.1 Å². The van der Waals surface area contributed by atoms with Crippen LogP contribution in [0.5, 0.6) is 0 Å². The topological polar surface area (TPSA) is 126 Å². The van der Waals surface area contributed by atoms with Gasteiger partial charge in [0.25, 0.3) is 0 Å². The molecule has 0 bridgehead atoms. The number of aromatic nitrogens is 2. The van der Waals surface area contributed by atoms with Crippen molar-refractivity contribution in [1.82, 2.24) is 19.2 Å². The Morgan fingerprint density at radius 2 is 1.46 bits per heavy atom. The Bertz CT molecular complexity index is 2350. The molecule has 8 rings (SSSR count). The number of hydrogen-bond acceptors (Lipinski definition) is 7. The van der Waals surface area contributed by atoms with Gasteiger partial charge in [-0.3, -0.25) is 4.57 Å². The van der Waals surface area contributed by atoms with E-state index in [-0.39, 0.29) is 42.0 Å². The number of nitrogens with one attached hydrogen (secondary N) is 2. The number of hydrogen-bond donors (Lipinski definition) is 3. The maximum atomic E-state index is 12.9. The molecule has 54 heavy (non-hydrogen) atoms. The number of ether oxygens (including phenoxy) is 2. The zero-order chi connectivity index (χ0) is 37.1. The lowest BCUT2D eigenvalue weighted by Crippen LogP contribution is -2.43. The molecule has 3 heterocycles.